The topological polar surface area (TPSA) is 40.6 Å². The summed E-state index contributed by atoms with van der Waals surface area (Å²) in [4.78, 5) is 29.0. The standard InChI is InChI=1S/C17H24N2O2S/c1-3-5-11-18(4-2)17(21)15-12-22-13-19(15)16(20)14-9-7-6-8-10-14/h6-10,15H,3-5,11-13H2,1-2H3. The lowest BCUT2D eigenvalue weighted by atomic mass is 10.1. The summed E-state index contributed by atoms with van der Waals surface area (Å²) in [6, 6.07) is 8.89. The summed E-state index contributed by atoms with van der Waals surface area (Å²) in [7, 11) is 0. The first kappa shape index (κ1) is 16.9. The van der Waals surface area contributed by atoms with Crippen molar-refractivity contribution in [2.75, 3.05) is 24.7 Å². The van der Waals surface area contributed by atoms with E-state index in [2.05, 4.69) is 6.92 Å². The predicted molar refractivity (Wildman–Crippen MR) is 90.9 cm³/mol. The van der Waals surface area contributed by atoms with Gasteiger partial charge < -0.3 is 9.80 Å². The first-order valence-electron chi connectivity index (χ1n) is 7.91. The van der Waals surface area contributed by atoms with Crippen molar-refractivity contribution < 1.29 is 9.59 Å². The Morgan fingerprint density at radius 3 is 2.64 bits per heavy atom. The summed E-state index contributed by atoms with van der Waals surface area (Å²) in [6.45, 7) is 5.60. The van der Waals surface area contributed by atoms with Crippen LogP contribution in [0.15, 0.2) is 30.3 Å². The second-order valence-corrected chi connectivity index (χ2v) is 6.43. The van der Waals surface area contributed by atoms with Crippen LogP contribution in [0.4, 0.5) is 0 Å². The second kappa shape index (κ2) is 8.22. The number of rotatable bonds is 6. The lowest BCUT2D eigenvalue weighted by Gasteiger charge is -2.29. The van der Waals surface area contributed by atoms with Crippen LogP contribution in [0.3, 0.4) is 0 Å². The van der Waals surface area contributed by atoms with E-state index in [4.69, 9.17) is 0 Å². The highest BCUT2D eigenvalue weighted by molar-refractivity contribution is 7.99. The molecule has 0 bridgehead atoms. The number of nitrogens with zero attached hydrogens (tertiary/aromatic N) is 2. The van der Waals surface area contributed by atoms with E-state index in [1.165, 1.54) is 0 Å². The van der Waals surface area contributed by atoms with Gasteiger partial charge in [-0.2, -0.15) is 0 Å². The molecule has 0 N–H and O–H groups in total. The van der Waals surface area contributed by atoms with Crippen molar-refractivity contribution >= 4 is 23.6 Å². The Morgan fingerprint density at radius 2 is 2.00 bits per heavy atom. The number of amides is 2. The van der Waals surface area contributed by atoms with Crippen LogP contribution in [0.1, 0.15) is 37.0 Å². The fourth-order valence-corrected chi connectivity index (χ4v) is 3.72. The molecule has 5 heteroatoms. The monoisotopic (exact) mass is 320 g/mol. The van der Waals surface area contributed by atoms with E-state index in [1.807, 2.05) is 42.2 Å². The van der Waals surface area contributed by atoms with Crippen LogP contribution >= 0.6 is 11.8 Å². The van der Waals surface area contributed by atoms with Gasteiger partial charge in [0.05, 0.1) is 5.88 Å². The number of benzene rings is 1. The van der Waals surface area contributed by atoms with E-state index in [0.29, 0.717) is 23.7 Å². The highest BCUT2D eigenvalue weighted by Gasteiger charge is 2.36. The van der Waals surface area contributed by atoms with Gasteiger partial charge in [0.15, 0.2) is 0 Å². The Morgan fingerprint density at radius 1 is 1.27 bits per heavy atom. The number of carbonyl (C=O) groups excluding carboxylic acids is 2. The number of hydrogen-bond donors (Lipinski definition) is 0. The molecule has 1 atom stereocenters. The van der Waals surface area contributed by atoms with Gasteiger partial charge in [0.1, 0.15) is 6.04 Å². The molecule has 0 aliphatic carbocycles. The highest BCUT2D eigenvalue weighted by atomic mass is 32.2. The fraction of sp³-hybridized carbons (Fsp3) is 0.529. The van der Waals surface area contributed by atoms with E-state index in [1.54, 1.807) is 16.7 Å². The Labute approximate surface area is 136 Å². The lowest BCUT2D eigenvalue weighted by molar-refractivity contribution is -0.134. The van der Waals surface area contributed by atoms with E-state index in [-0.39, 0.29) is 17.9 Å². The van der Waals surface area contributed by atoms with Crippen LogP contribution in [0.2, 0.25) is 0 Å². The normalized spacial score (nSPS) is 17.5. The van der Waals surface area contributed by atoms with Gasteiger partial charge >= 0.3 is 0 Å². The zero-order chi connectivity index (χ0) is 15.9. The molecule has 1 aromatic rings. The van der Waals surface area contributed by atoms with Crippen molar-refractivity contribution in [1.29, 1.82) is 0 Å². The molecule has 2 rings (SSSR count). The molecule has 0 spiro atoms. The summed E-state index contributed by atoms with van der Waals surface area (Å²) in [6.07, 6.45) is 2.07. The Balaban J connectivity index is 2.09. The number of likely N-dealkylation sites (N-methyl/N-ethyl adjacent to an activating group) is 1. The van der Waals surface area contributed by atoms with Crippen molar-refractivity contribution in [3.05, 3.63) is 35.9 Å². The third-order valence-corrected chi connectivity index (χ3v) is 4.94. The van der Waals surface area contributed by atoms with Crippen molar-refractivity contribution in [2.24, 2.45) is 0 Å². The molecule has 1 aromatic carbocycles. The first-order valence-corrected chi connectivity index (χ1v) is 9.07. The molecule has 1 fully saturated rings. The Bertz CT molecular complexity index is 507. The summed E-state index contributed by atoms with van der Waals surface area (Å²) >= 11 is 1.65. The smallest absolute Gasteiger partial charge is 0.255 e. The summed E-state index contributed by atoms with van der Waals surface area (Å²) in [5.41, 5.74) is 0.652. The maximum atomic E-state index is 12.7. The number of unbranched alkanes of at least 4 members (excludes halogenated alkanes) is 1. The van der Waals surface area contributed by atoms with Crippen LogP contribution in [0.5, 0.6) is 0 Å². The lowest BCUT2D eigenvalue weighted by Crippen LogP contribution is -2.49. The van der Waals surface area contributed by atoms with Gasteiger partial charge in [0, 0.05) is 24.4 Å². The van der Waals surface area contributed by atoms with Gasteiger partial charge in [0.25, 0.3) is 5.91 Å². The summed E-state index contributed by atoms with van der Waals surface area (Å²) in [5, 5.41) is 0. The number of hydrogen-bond acceptors (Lipinski definition) is 3. The van der Waals surface area contributed by atoms with Gasteiger partial charge in [-0.3, -0.25) is 9.59 Å². The highest BCUT2D eigenvalue weighted by Crippen LogP contribution is 2.24. The fourth-order valence-electron chi connectivity index (χ4n) is 2.58. The molecule has 1 saturated heterocycles. The molecule has 0 saturated carbocycles. The third-order valence-electron chi connectivity index (χ3n) is 3.92. The van der Waals surface area contributed by atoms with E-state index in [9.17, 15) is 9.59 Å². The van der Waals surface area contributed by atoms with Crippen molar-refractivity contribution in [3.63, 3.8) is 0 Å². The molecule has 1 aliphatic rings. The van der Waals surface area contributed by atoms with E-state index in [0.717, 1.165) is 19.4 Å². The Kier molecular flexibility index (Phi) is 6.31. The predicted octanol–water partition coefficient (Wildman–Crippen LogP) is 2.85. The van der Waals surface area contributed by atoms with Gasteiger partial charge in [-0.1, -0.05) is 31.5 Å². The largest absolute Gasteiger partial charge is 0.341 e. The number of thioether (sulfide) groups is 1. The summed E-state index contributed by atoms with van der Waals surface area (Å²) in [5.74, 6) is 1.33. The van der Waals surface area contributed by atoms with Gasteiger partial charge in [-0.05, 0) is 25.5 Å². The second-order valence-electron chi connectivity index (χ2n) is 5.43. The summed E-state index contributed by atoms with van der Waals surface area (Å²) < 4.78 is 0. The van der Waals surface area contributed by atoms with Crippen molar-refractivity contribution in [2.45, 2.75) is 32.7 Å². The first-order chi connectivity index (χ1) is 10.7. The minimum Gasteiger partial charge on any atom is -0.341 e. The van der Waals surface area contributed by atoms with E-state index >= 15 is 0 Å². The molecule has 2 amide bonds. The van der Waals surface area contributed by atoms with Crippen molar-refractivity contribution in [1.82, 2.24) is 9.80 Å². The molecular formula is C17H24N2O2S. The molecule has 22 heavy (non-hydrogen) atoms. The third kappa shape index (κ3) is 3.83. The Hall–Kier alpha value is -1.49. The number of carbonyl (C=O) groups is 2. The van der Waals surface area contributed by atoms with Crippen LogP contribution in [-0.4, -0.2) is 52.4 Å². The average molecular weight is 320 g/mol. The van der Waals surface area contributed by atoms with Crippen molar-refractivity contribution in [3.8, 4) is 0 Å². The SMILES string of the molecule is CCCCN(CC)C(=O)C1CSCN1C(=O)c1ccccc1. The average Bonchev–Trinajstić information content (AvgIpc) is 3.05. The maximum Gasteiger partial charge on any atom is 0.255 e. The van der Waals surface area contributed by atoms with E-state index < -0.39 is 0 Å². The zero-order valence-corrected chi connectivity index (χ0v) is 14.1. The van der Waals surface area contributed by atoms with Gasteiger partial charge in [-0.15, -0.1) is 11.8 Å². The zero-order valence-electron chi connectivity index (χ0n) is 13.3. The van der Waals surface area contributed by atoms with Crippen LogP contribution in [0, 0.1) is 0 Å². The minimum atomic E-state index is -0.325. The molecule has 1 unspecified atom stereocenters. The molecule has 4 nitrogen and oxygen atoms in total. The van der Waals surface area contributed by atoms with Gasteiger partial charge in [-0.25, -0.2) is 0 Å². The molecule has 1 aliphatic heterocycles. The maximum absolute atomic E-state index is 12.7. The minimum absolute atomic E-state index is 0.0458. The molecule has 0 aromatic heterocycles. The molecule has 120 valence electrons. The van der Waals surface area contributed by atoms with Gasteiger partial charge in [0.2, 0.25) is 5.91 Å². The van der Waals surface area contributed by atoms with Crippen LogP contribution in [0.25, 0.3) is 0 Å². The molecular weight excluding hydrogens is 296 g/mol. The van der Waals surface area contributed by atoms with Crippen LogP contribution < -0.4 is 0 Å². The molecule has 0 radical (unpaired) electrons. The van der Waals surface area contributed by atoms with Crippen LogP contribution in [-0.2, 0) is 4.79 Å². The quantitative estimate of drug-likeness (QED) is 0.809. The molecule has 1 heterocycles.